The maximum Gasteiger partial charge on any atom is 0.420 e. The van der Waals surface area contributed by atoms with E-state index in [0.717, 1.165) is 13.2 Å². The van der Waals surface area contributed by atoms with Crippen molar-refractivity contribution in [3.8, 4) is 0 Å². The van der Waals surface area contributed by atoms with E-state index in [-0.39, 0.29) is 5.69 Å². The van der Waals surface area contributed by atoms with Gasteiger partial charge in [0.05, 0.1) is 19.2 Å². The highest BCUT2D eigenvalue weighted by molar-refractivity contribution is 5.72. The zero-order chi connectivity index (χ0) is 14.8. The van der Waals surface area contributed by atoms with Crippen LogP contribution in [0.3, 0.4) is 0 Å². The van der Waals surface area contributed by atoms with E-state index in [1.165, 1.54) is 0 Å². The van der Waals surface area contributed by atoms with Crippen molar-refractivity contribution >= 4 is 11.7 Å². The highest BCUT2D eigenvalue weighted by Crippen LogP contribution is 2.39. The van der Waals surface area contributed by atoms with E-state index in [2.05, 4.69) is 9.72 Å². The molecule has 0 aliphatic heterocycles. The van der Waals surface area contributed by atoms with E-state index in [1.54, 1.807) is 0 Å². The van der Waals surface area contributed by atoms with Gasteiger partial charge >= 0.3 is 12.1 Å². The molecule has 1 rings (SSSR count). The molecule has 106 valence electrons. The molecule has 9 heteroatoms. The number of nitrogens with two attached hydrogens (primary N) is 1. The molecule has 19 heavy (non-hydrogen) atoms. The van der Waals surface area contributed by atoms with Gasteiger partial charge in [-0.1, -0.05) is 0 Å². The van der Waals surface area contributed by atoms with Gasteiger partial charge in [0, 0.05) is 5.69 Å². The summed E-state index contributed by atoms with van der Waals surface area (Å²) in [6.45, 7) is 0. The van der Waals surface area contributed by atoms with E-state index in [0.29, 0.717) is 0 Å². The monoisotopic (exact) mass is 284 g/mol. The fourth-order valence-corrected chi connectivity index (χ4v) is 1.42. The summed E-state index contributed by atoms with van der Waals surface area (Å²) >= 11 is 0. The number of rotatable bonds is 3. The molecule has 1 aromatic heterocycles. The lowest BCUT2D eigenvalue weighted by Crippen LogP contribution is -2.17. The molecule has 0 fully saturated rings. The van der Waals surface area contributed by atoms with Crippen molar-refractivity contribution in [1.82, 2.24) is 4.98 Å². The lowest BCUT2D eigenvalue weighted by Gasteiger charge is -2.15. The summed E-state index contributed by atoms with van der Waals surface area (Å²) in [7, 11) is 1.05. The van der Waals surface area contributed by atoms with Gasteiger partial charge in [-0.25, -0.2) is 8.78 Å². The third-order valence-corrected chi connectivity index (χ3v) is 2.17. The second-order valence-corrected chi connectivity index (χ2v) is 3.51. The topological polar surface area (TPSA) is 65.2 Å². The van der Waals surface area contributed by atoms with E-state index >= 15 is 0 Å². The van der Waals surface area contributed by atoms with Gasteiger partial charge in [0.1, 0.15) is 11.3 Å². The van der Waals surface area contributed by atoms with Gasteiger partial charge < -0.3 is 10.5 Å². The van der Waals surface area contributed by atoms with Crippen LogP contribution >= 0.6 is 0 Å². The first kappa shape index (κ1) is 15.1. The number of aromatic nitrogens is 1. The average molecular weight is 284 g/mol. The van der Waals surface area contributed by atoms with Crippen molar-refractivity contribution in [2.75, 3.05) is 12.8 Å². The van der Waals surface area contributed by atoms with Crippen LogP contribution < -0.4 is 5.73 Å². The molecule has 0 amide bonds. The van der Waals surface area contributed by atoms with Crippen LogP contribution in [0.4, 0.5) is 27.6 Å². The molecule has 0 saturated carbocycles. The first-order valence-corrected chi connectivity index (χ1v) is 4.88. The van der Waals surface area contributed by atoms with Crippen molar-refractivity contribution in [1.29, 1.82) is 0 Å². The smallest absolute Gasteiger partial charge is 0.420 e. The Balaban J connectivity index is 3.34. The highest BCUT2D eigenvalue weighted by atomic mass is 19.4. The predicted octanol–water partition coefficient (Wildman–Crippen LogP) is 2.34. The van der Waals surface area contributed by atoms with E-state index in [9.17, 15) is 26.7 Å². The number of esters is 1. The van der Waals surface area contributed by atoms with Crippen LogP contribution in [0.5, 0.6) is 0 Å². The Labute approximate surface area is 104 Å². The lowest BCUT2D eigenvalue weighted by atomic mass is 10.1. The Morgan fingerprint density at radius 1 is 1.47 bits per heavy atom. The van der Waals surface area contributed by atoms with Crippen molar-refractivity contribution in [3.63, 3.8) is 0 Å². The Morgan fingerprint density at radius 3 is 2.47 bits per heavy atom. The normalized spacial score (nSPS) is 11.7. The number of nitrogen functional groups attached to an aromatic ring is 1. The molecule has 1 aromatic rings. The fraction of sp³-hybridized carbons (Fsp3) is 0.400. The largest absolute Gasteiger partial charge is 0.469 e. The molecule has 0 aliphatic carbocycles. The SMILES string of the molecule is COC(=O)Cc1cc(N)c(C(F)(F)F)c(C(F)F)n1. The molecule has 0 aromatic carbocycles. The summed E-state index contributed by atoms with van der Waals surface area (Å²) in [5, 5.41) is 0. The van der Waals surface area contributed by atoms with Crippen molar-refractivity contribution < 1.29 is 31.5 Å². The second kappa shape index (κ2) is 5.37. The third kappa shape index (κ3) is 3.52. The maximum absolute atomic E-state index is 12.6. The molecule has 4 nitrogen and oxygen atoms in total. The van der Waals surface area contributed by atoms with Crippen LogP contribution in [0.2, 0.25) is 0 Å². The molecule has 0 aliphatic rings. The maximum atomic E-state index is 12.6. The first-order chi connectivity index (χ1) is 8.66. The van der Waals surface area contributed by atoms with Gasteiger partial charge in [-0.3, -0.25) is 9.78 Å². The van der Waals surface area contributed by atoms with Crippen molar-refractivity contribution in [2.24, 2.45) is 0 Å². The zero-order valence-electron chi connectivity index (χ0n) is 9.59. The first-order valence-electron chi connectivity index (χ1n) is 4.88. The number of carbonyl (C=O) groups excluding carboxylic acids is 1. The molecule has 2 N–H and O–H groups in total. The van der Waals surface area contributed by atoms with Crippen LogP contribution in [0.1, 0.15) is 23.4 Å². The number of halogens is 5. The van der Waals surface area contributed by atoms with Crippen LogP contribution in [0, 0.1) is 0 Å². The number of hydrogen-bond acceptors (Lipinski definition) is 4. The molecular formula is C10H9F5N2O2. The minimum Gasteiger partial charge on any atom is -0.469 e. The summed E-state index contributed by atoms with van der Waals surface area (Å²) in [4.78, 5) is 14.1. The number of anilines is 1. The summed E-state index contributed by atoms with van der Waals surface area (Å²) in [6.07, 6.45) is -9.05. The number of hydrogen-bond donors (Lipinski definition) is 1. The van der Waals surface area contributed by atoms with Gasteiger partial charge in [0.25, 0.3) is 6.43 Å². The van der Waals surface area contributed by atoms with Gasteiger partial charge in [-0.05, 0) is 6.07 Å². The summed E-state index contributed by atoms with van der Waals surface area (Å²) in [5.41, 5.74) is 0.721. The molecule has 0 saturated heterocycles. The molecule has 1 heterocycles. The van der Waals surface area contributed by atoms with E-state index in [4.69, 9.17) is 5.73 Å². The Bertz CT molecular complexity index is 488. The molecule has 0 unspecified atom stereocenters. The van der Waals surface area contributed by atoms with Crippen molar-refractivity contribution in [2.45, 2.75) is 19.0 Å². The van der Waals surface area contributed by atoms with E-state index < -0.39 is 41.9 Å². The molecule has 0 atom stereocenters. The van der Waals surface area contributed by atoms with E-state index in [1.807, 2.05) is 0 Å². The summed E-state index contributed by atoms with van der Waals surface area (Å²) < 4.78 is 67.2. The van der Waals surface area contributed by atoms with Crippen LogP contribution in [-0.2, 0) is 22.1 Å². The number of ether oxygens (including phenoxy) is 1. The molecule has 0 radical (unpaired) electrons. The van der Waals surface area contributed by atoms with Gasteiger partial charge in [0.15, 0.2) is 0 Å². The predicted molar refractivity (Wildman–Crippen MR) is 54.3 cm³/mol. The summed E-state index contributed by atoms with van der Waals surface area (Å²) in [5.74, 6) is -0.827. The minimum absolute atomic E-state index is 0.312. The number of methoxy groups -OCH3 is 1. The number of alkyl halides is 5. The van der Waals surface area contributed by atoms with Crippen LogP contribution in [-0.4, -0.2) is 18.1 Å². The molecular weight excluding hydrogens is 275 g/mol. The Morgan fingerprint density at radius 2 is 2.05 bits per heavy atom. The summed E-state index contributed by atoms with van der Waals surface area (Å²) in [6, 6.07) is 0.728. The lowest BCUT2D eigenvalue weighted by molar-refractivity contribution is -0.139. The Hall–Kier alpha value is -1.93. The number of nitrogens with zero attached hydrogens (tertiary/aromatic N) is 1. The minimum atomic E-state index is -5.05. The van der Waals surface area contributed by atoms with Gasteiger partial charge in [0.2, 0.25) is 0 Å². The van der Waals surface area contributed by atoms with Crippen LogP contribution in [0.25, 0.3) is 0 Å². The van der Waals surface area contributed by atoms with Crippen molar-refractivity contribution in [3.05, 3.63) is 23.0 Å². The number of pyridine rings is 1. The Kier molecular flexibility index (Phi) is 4.28. The standard InChI is InChI=1S/C10H9F5N2O2/c1-19-6(18)3-4-2-5(16)7(10(13,14)15)8(17-4)9(11)12/h2,9H,3H2,1H3,(H2,16,17). The molecule has 0 spiro atoms. The quantitative estimate of drug-likeness (QED) is 0.683. The number of carbonyl (C=O) groups is 1. The van der Waals surface area contributed by atoms with Gasteiger partial charge in [-0.2, -0.15) is 13.2 Å². The second-order valence-electron chi connectivity index (χ2n) is 3.51. The highest BCUT2D eigenvalue weighted by Gasteiger charge is 2.39. The average Bonchev–Trinajstić information content (AvgIpc) is 2.25. The zero-order valence-corrected chi connectivity index (χ0v) is 9.59. The third-order valence-electron chi connectivity index (χ3n) is 2.17. The fourth-order valence-electron chi connectivity index (χ4n) is 1.42. The molecule has 0 bridgehead atoms. The van der Waals surface area contributed by atoms with Gasteiger partial charge in [-0.15, -0.1) is 0 Å². The van der Waals surface area contributed by atoms with Crippen LogP contribution in [0.15, 0.2) is 6.07 Å².